The summed E-state index contributed by atoms with van der Waals surface area (Å²) in [5.74, 6) is -0.0860. The predicted molar refractivity (Wildman–Crippen MR) is 140 cm³/mol. The van der Waals surface area contributed by atoms with Gasteiger partial charge in [0.05, 0.1) is 15.6 Å². The number of benzene rings is 2. The number of pyridine rings is 1. The molecule has 176 valence electrons. The van der Waals surface area contributed by atoms with Gasteiger partial charge in [-0.3, -0.25) is 4.98 Å². The lowest BCUT2D eigenvalue weighted by atomic mass is 9.98. The number of aromatic hydroxyl groups is 1. The van der Waals surface area contributed by atoms with Crippen LogP contribution in [0.3, 0.4) is 0 Å². The lowest BCUT2D eigenvalue weighted by Gasteiger charge is -2.34. The van der Waals surface area contributed by atoms with Gasteiger partial charge in [0.2, 0.25) is 0 Å². The summed E-state index contributed by atoms with van der Waals surface area (Å²) < 4.78 is 0. The highest BCUT2D eigenvalue weighted by molar-refractivity contribution is 6.37. The van der Waals surface area contributed by atoms with E-state index in [1.165, 1.54) is 11.3 Å². The molecule has 0 unspecified atom stereocenters. The van der Waals surface area contributed by atoms with Crippen LogP contribution in [0, 0.1) is 0 Å². The van der Waals surface area contributed by atoms with Gasteiger partial charge in [0, 0.05) is 49.5 Å². The van der Waals surface area contributed by atoms with Crippen molar-refractivity contribution in [3.8, 4) is 16.9 Å². The van der Waals surface area contributed by atoms with Crippen molar-refractivity contribution in [3.63, 3.8) is 0 Å². The Balaban J connectivity index is 1.61. The molecule has 33 heavy (non-hydrogen) atoms. The third-order valence-corrected chi connectivity index (χ3v) is 7.05. The van der Waals surface area contributed by atoms with E-state index < -0.39 is 0 Å². The molecule has 7 heteroatoms. The number of phenols is 1. The summed E-state index contributed by atoms with van der Waals surface area (Å²) in [6.45, 7) is 6.62. The molecular formula is C26H32Cl2N4O. The Morgan fingerprint density at radius 3 is 2.42 bits per heavy atom. The number of likely N-dealkylation sites (N-methyl/N-ethyl adjacent to an activating group) is 1. The van der Waals surface area contributed by atoms with Crippen LogP contribution >= 0.6 is 23.2 Å². The number of halogens is 2. The van der Waals surface area contributed by atoms with Gasteiger partial charge in [-0.15, -0.1) is 0 Å². The molecule has 0 aliphatic carbocycles. The monoisotopic (exact) mass is 486 g/mol. The zero-order valence-corrected chi connectivity index (χ0v) is 21.0. The van der Waals surface area contributed by atoms with Crippen molar-refractivity contribution in [1.82, 2.24) is 14.8 Å². The van der Waals surface area contributed by atoms with Crippen LogP contribution < -0.4 is 5.32 Å². The summed E-state index contributed by atoms with van der Waals surface area (Å²) in [5.41, 5.74) is 5.20. The van der Waals surface area contributed by atoms with Crippen molar-refractivity contribution in [2.24, 2.45) is 0 Å². The van der Waals surface area contributed by atoms with Gasteiger partial charge in [-0.05, 0) is 74.3 Å². The summed E-state index contributed by atoms with van der Waals surface area (Å²) in [4.78, 5) is 9.50. The van der Waals surface area contributed by atoms with Gasteiger partial charge in [-0.25, -0.2) is 0 Å². The first-order chi connectivity index (χ1) is 15.9. The topological polar surface area (TPSA) is 51.6 Å². The van der Waals surface area contributed by atoms with Crippen LogP contribution in [0.2, 0.25) is 10.0 Å². The van der Waals surface area contributed by atoms with E-state index in [9.17, 15) is 5.11 Å². The van der Waals surface area contributed by atoms with Crippen LogP contribution in [0.5, 0.6) is 5.75 Å². The fourth-order valence-electron chi connectivity index (χ4n) is 4.43. The second-order valence-electron chi connectivity index (χ2n) is 9.10. The molecule has 2 N–H and O–H groups in total. The Kier molecular flexibility index (Phi) is 7.65. The number of nitrogens with one attached hydrogen (secondary N) is 1. The Morgan fingerprint density at radius 2 is 1.79 bits per heavy atom. The summed E-state index contributed by atoms with van der Waals surface area (Å²) in [7, 11) is 4.26. The number of nitrogens with zero attached hydrogens (tertiary/aromatic N) is 3. The Hall–Kier alpha value is -2.05. The van der Waals surface area contributed by atoms with Crippen LogP contribution in [0.4, 0.5) is 5.69 Å². The Morgan fingerprint density at radius 1 is 1.09 bits per heavy atom. The first-order valence-corrected chi connectivity index (χ1v) is 12.3. The molecule has 0 radical (unpaired) electrons. The van der Waals surface area contributed by atoms with E-state index in [2.05, 4.69) is 42.2 Å². The number of anilines is 1. The minimum atomic E-state index is -0.0860. The van der Waals surface area contributed by atoms with Gasteiger partial charge in [0.15, 0.2) is 5.75 Å². The predicted octanol–water partition coefficient (Wildman–Crippen LogP) is 5.91. The van der Waals surface area contributed by atoms with E-state index in [0.717, 1.165) is 67.5 Å². The summed E-state index contributed by atoms with van der Waals surface area (Å²) in [6.07, 6.45) is 5.16. The molecule has 4 rings (SSSR count). The molecule has 1 fully saturated rings. The second kappa shape index (κ2) is 10.5. The number of hydrogen-bond donors (Lipinski definition) is 2. The molecule has 3 aromatic rings. The molecule has 0 bridgehead atoms. The number of fused-ring (bicyclic) bond motifs is 1. The maximum atomic E-state index is 9.93. The van der Waals surface area contributed by atoms with Crippen molar-refractivity contribution in [2.75, 3.05) is 45.6 Å². The van der Waals surface area contributed by atoms with Gasteiger partial charge < -0.3 is 20.2 Å². The number of rotatable bonds is 7. The highest BCUT2D eigenvalue weighted by Gasteiger charge is 2.21. The van der Waals surface area contributed by atoms with Crippen molar-refractivity contribution in [3.05, 3.63) is 52.1 Å². The molecule has 0 atom stereocenters. The minimum absolute atomic E-state index is 0.0860. The first-order valence-electron chi connectivity index (χ1n) is 11.6. The average molecular weight is 487 g/mol. The zero-order valence-electron chi connectivity index (χ0n) is 19.5. The van der Waals surface area contributed by atoms with E-state index in [0.29, 0.717) is 6.04 Å². The lowest BCUT2D eigenvalue weighted by molar-refractivity contribution is 0.199. The number of likely N-dealkylation sites (tertiary alicyclic amines) is 1. The summed E-state index contributed by atoms with van der Waals surface area (Å²) in [5, 5.41) is 15.4. The van der Waals surface area contributed by atoms with Crippen molar-refractivity contribution < 1.29 is 5.11 Å². The van der Waals surface area contributed by atoms with Crippen molar-refractivity contribution >= 4 is 39.8 Å². The quantitative estimate of drug-likeness (QED) is 0.434. The molecule has 1 aliphatic heterocycles. The largest absolute Gasteiger partial charge is 0.505 e. The maximum Gasteiger partial charge on any atom is 0.152 e. The van der Waals surface area contributed by atoms with Gasteiger partial charge in [0.1, 0.15) is 0 Å². The van der Waals surface area contributed by atoms with E-state index in [4.69, 9.17) is 28.2 Å². The fourth-order valence-corrected chi connectivity index (χ4v) is 4.92. The molecule has 1 aromatic heterocycles. The van der Waals surface area contributed by atoms with Crippen LogP contribution in [0.1, 0.15) is 25.3 Å². The molecule has 0 amide bonds. The third kappa shape index (κ3) is 5.55. The summed E-state index contributed by atoms with van der Waals surface area (Å²) >= 11 is 12.4. The second-order valence-corrected chi connectivity index (χ2v) is 9.91. The molecular weight excluding hydrogens is 455 g/mol. The van der Waals surface area contributed by atoms with E-state index in [1.807, 2.05) is 18.3 Å². The molecule has 2 aromatic carbocycles. The Bertz CT molecular complexity index is 1100. The van der Waals surface area contributed by atoms with Crippen molar-refractivity contribution in [2.45, 2.75) is 32.2 Å². The van der Waals surface area contributed by atoms with Crippen LogP contribution in [0.25, 0.3) is 22.0 Å². The Labute approximate surface area is 206 Å². The third-order valence-electron chi connectivity index (χ3n) is 6.48. The van der Waals surface area contributed by atoms with Gasteiger partial charge in [-0.2, -0.15) is 0 Å². The standard InChI is InChI=1S/C26H32Cl2N4O/c1-4-17-16-29-24-6-5-18(19-14-22(27)26(33)23(28)15-19)13-21(24)25(17)30-20-7-9-32(10-8-20)12-11-31(2)3/h5-6,13-16,20,33H,4,7-12H2,1-3H3,(H,29,30). The number of aryl methyl sites for hydroxylation is 1. The number of piperidine rings is 1. The molecule has 0 saturated carbocycles. The first kappa shape index (κ1) is 24.1. The van der Waals surface area contributed by atoms with Crippen LogP contribution in [-0.2, 0) is 6.42 Å². The van der Waals surface area contributed by atoms with Crippen LogP contribution in [0.15, 0.2) is 36.5 Å². The number of aromatic nitrogens is 1. The van der Waals surface area contributed by atoms with Gasteiger partial charge in [0.25, 0.3) is 0 Å². The smallest absolute Gasteiger partial charge is 0.152 e. The SMILES string of the molecule is CCc1cnc2ccc(-c3cc(Cl)c(O)c(Cl)c3)cc2c1NC1CCN(CCN(C)C)CC1. The van der Waals surface area contributed by atoms with E-state index >= 15 is 0 Å². The maximum absolute atomic E-state index is 9.93. The number of phenolic OH excluding ortho intramolecular Hbond substituents is 1. The molecule has 0 spiro atoms. The van der Waals surface area contributed by atoms with Gasteiger partial charge >= 0.3 is 0 Å². The van der Waals surface area contributed by atoms with E-state index in [1.54, 1.807) is 12.1 Å². The highest BCUT2D eigenvalue weighted by Crippen LogP contribution is 2.38. The molecule has 1 saturated heterocycles. The zero-order chi connectivity index (χ0) is 23.5. The lowest BCUT2D eigenvalue weighted by Crippen LogP contribution is -2.41. The van der Waals surface area contributed by atoms with E-state index in [-0.39, 0.29) is 15.8 Å². The van der Waals surface area contributed by atoms with Gasteiger partial charge in [-0.1, -0.05) is 36.2 Å². The molecule has 2 heterocycles. The number of hydrogen-bond acceptors (Lipinski definition) is 5. The molecule has 5 nitrogen and oxygen atoms in total. The molecule has 1 aliphatic rings. The van der Waals surface area contributed by atoms with Crippen LogP contribution in [-0.4, -0.2) is 66.2 Å². The fraction of sp³-hybridized carbons (Fsp3) is 0.423. The van der Waals surface area contributed by atoms with Crippen molar-refractivity contribution in [1.29, 1.82) is 0 Å². The average Bonchev–Trinajstić information content (AvgIpc) is 2.81. The minimum Gasteiger partial charge on any atom is -0.505 e. The summed E-state index contributed by atoms with van der Waals surface area (Å²) in [6, 6.07) is 10.1. The normalized spacial score (nSPS) is 15.5. The highest BCUT2D eigenvalue weighted by atomic mass is 35.5.